The largest absolute Gasteiger partial charge is 0.497 e. The summed E-state index contributed by atoms with van der Waals surface area (Å²) in [6.45, 7) is 2.98. The summed E-state index contributed by atoms with van der Waals surface area (Å²) in [5.41, 5.74) is 2.44. The Hall–Kier alpha value is -1.22. The van der Waals surface area contributed by atoms with Crippen molar-refractivity contribution in [1.82, 2.24) is 5.32 Å². The molecule has 0 heterocycles. The van der Waals surface area contributed by atoms with Crippen molar-refractivity contribution in [2.24, 2.45) is 0 Å². The fraction of sp³-hybridized carbons (Fsp3) is 0.333. The summed E-state index contributed by atoms with van der Waals surface area (Å²) in [6, 6.07) is 14.4. The van der Waals surface area contributed by atoms with Gasteiger partial charge >= 0.3 is 0 Å². The van der Waals surface area contributed by atoms with Gasteiger partial charge in [-0.3, -0.25) is 0 Å². The Balaban J connectivity index is 1.80. The van der Waals surface area contributed by atoms with Gasteiger partial charge in [-0.05, 0) is 55.2 Å². The van der Waals surface area contributed by atoms with E-state index < -0.39 is 0 Å². The molecule has 2 rings (SSSR count). The van der Waals surface area contributed by atoms with Gasteiger partial charge in [0.25, 0.3) is 0 Å². The molecular weight excluding hydrogens is 317 g/mol. The minimum Gasteiger partial charge on any atom is -0.497 e. The second-order valence-electron chi connectivity index (χ2n) is 5.42. The molecule has 1 atom stereocenters. The summed E-state index contributed by atoms with van der Waals surface area (Å²) in [5, 5.41) is 4.71. The summed E-state index contributed by atoms with van der Waals surface area (Å²) < 4.78 is 5.25. The van der Waals surface area contributed by atoms with Gasteiger partial charge < -0.3 is 10.1 Å². The van der Waals surface area contributed by atoms with E-state index in [1.165, 1.54) is 5.56 Å². The Morgan fingerprint density at radius 3 is 2.59 bits per heavy atom. The molecule has 0 aliphatic carbocycles. The van der Waals surface area contributed by atoms with Crippen molar-refractivity contribution in [3.63, 3.8) is 0 Å². The Bertz CT molecular complexity index is 616. The molecule has 1 N–H and O–H groups in total. The van der Waals surface area contributed by atoms with Crippen LogP contribution in [0.1, 0.15) is 24.5 Å². The average Bonchev–Trinajstić information content (AvgIpc) is 2.54. The van der Waals surface area contributed by atoms with Crippen molar-refractivity contribution in [3.05, 3.63) is 63.6 Å². The molecule has 0 aliphatic rings. The SMILES string of the molecule is COc1cccc(CCC(C)NCc2ccc(Cl)c(Cl)c2)c1. The van der Waals surface area contributed by atoms with Crippen LogP contribution in [-0.2, 0) is 13.0 Å². The van der Waals surface area contributed by atoms with Crippen LogP contribution < -0.4 is 10.1 Å². The van der Waals surface area contributed by atoms with Gasteiger partial charge in [0.1, 0.15) is 5.75 Å². The molecule has 0 aliphatic heterocycles. The number of aryl methyl sites for hydroxylation is 1. The minimum atomic E-state index is 0.417. The Morgan fingerprint density at radius 2 is 1.86 bits per heavy atom. The zero-order valence-corrected chi connectivity index (χ0v) is 14.4. The van der Waals surface area contributed by atoms with E-state index in [0.717, 1.165) is 30.7 Å². The van der Waals surface area contributed by atoms with Gasteiger partial charge in [0.15, 0.2) is 0 Å². The maximum atomic E-state index is 6.03. The van der Waals surface area contributed by atoms with E-state index in [2.05, 4.69) is 24.4 Å². The summed E-state index contributed by atoms with van der Waals surface area (Å²) in [4.78, 5) is 0. The van der Waals surface area contributed by atoms with Gasteiger partial charge in [0, 0.05) is 12.6 Å². The maximum absolute atomic E-state index is 6.03. The first-order chi connectivity index (χ1) is 10.6. The van der Waals surface area contributed by atoms with E-state index in [0.29, 0.717) is 16.1 Å². The number of ether oxygens (including phenoxy) is 1. The zero-order valence-electron chi connectivity index (χ0n) is 12.9. The van der Waals surface area contributed by atoms with Crippen molar-refractivity contribution in [2.75, 3.05) is 7.11 Å². The predicted octanol–water partition coefficient (Wildman–Crippen LogP) is 5.11. The van der Waals surface area contributed by atoms with Crippen LogP contribution >= 0.6 is 23.2 Å². The van der Waals surface area contributed by atoms with E-state index in [1.807, 2.05) is 30.3 Å². The number of benzene rings is 2. The van der Waals surface area contributed by atoms with Crippen molar-refractivity contribution in [2.45, 2.75) is 32.4 Å². The van der Waals surface area contributed by atoms with Gasteiger partial charge in [-0.2, -0.15) is 0 Å². The third-order valence-electron chi connectivity index (χ3n) is 3.64. The van der Waals surface area contributed by atoms with Crippen LogP contribution in [0.3, 0.4) is 0 Å². The lowest BCUT2D eigenvalue weighted by atomic mass is 10.1. The Kier molecular flexibility index (Phi) is 6.56. The fourth-order valence-electron chi connectivity index (χ4n) is 2.25. The number of rotatable bonds is 7. The summed E-state index contributed by atoms with van der Waals surface area (Å²) >= 11 is 12.0. The Labute approximate surface area is 142 Å². The first kappa shape index (κ1) is 17.1. The smallest absolute Gasteiger partial charge is 0.119 e. The number of nitrogens with one attached hydrogen (secondary N) is 1. The first-order valence-corrected chi connectivity index (χ1v) is 8.14. The van der Waals surface area contributed by atoms with E-state index in [-0.39, 0.29) is 0 Å². The highest BCUT2D eigenvalue weighted by atomic mass is 35.5. The highest BCUT2D eigenvalue weighted by molar-refractivity contribution is 6.42. The molecule has 0 saturated carbocycles. The van der Waals surface area contributed by atoms with Crippen LogP contribution in [0.4, 0.5) is 0 Å². The normalized spacial score (nSPS) is 12.2. The fourth-order valence-corrected chi connectivity index (χ4v) is 2.58. The molecule has 118 valence electrons. The lowest BCUT2D eigenvalue weighted by Gasteiger charge is -2.14. The lowest BCUT2D eigenvalue weighted by Crippen LogP contribution is -2.25. The third kappa shape index (κ3) is 5.20. The maximum Gasteiger partial charge on any atom is 0.119 e. The molecule has 0 fully saturated rings. The highest BCUT2D eigenvalue weighted by Gasteiger charge is 2.05. The van der Waals surface area contributed by atoms with Crippen molar-refractivity contribution in [3.8, 4) is 5.75 Å². The molecule has 0 amide bonds. The lowest BCUT2D eigenvalue weighted by molar-refractivity contribution is 0.414. The standard InChI is InChI=1S/C18H21Cl2NO/c1-13(6-7-14-4-3-5-16(10-14)22-2)21-12-15-8-9-17(19)18(20)11-15/h3-5,8-11,13,21H,6-7,12H2,1-2H3. The first-order valence-electron chi connectivity index (χ1n) is 7.38. The third-order valence-corrected chi connectivity index (χ3v) is 4.38. The van der Waals surface area contributed by atoms with Crippen LogP contribution in [-0.4, -0.2) is 13.2 Å². The van der Waals surface area contributed by atoms with Gasteiger partial charge in [-0.15, -0.1) is 0 Å². The van der Waals surface area contributed by atoms with Crippen LogP contribution in [0.25, 0.3) is 0 Å². The second-order valence-corrected chi connectivity index (χ2v) is 6.24. The van der Waals surface area contributed by atoms with Crippen molar-refractivity contribution >= 4 is 23.2 Å². The van der Waals surface area contributed by atoms with Crippen LogP contribution in [0.15, 0.2) is 42.5 Å². The molecule has 0 aromatic heterocycles. The molecule has 2 aromatic rings. The molecule has 2 nitrogen and oxygen atoms in total. The molecule has 0 saturated heterocycles. The molecule has 22 heavy (non-hydrogen) atoms. The van der Waals surface area contributed by atoms with E-state index >= 15 is 0 Å². The van der Waals surface area contributed by atoms with Gasteiger partial charge in [-0.1, -0.05) is 41.4 Å². The highest BCUT2D eigenvalue weighted by Crippen LogP contribution is 2.22. The monoisotopic (exact) mass is 337 g/mol. The van der Waals surface area contributed by atoms with E-state index in [4.69, 9.17) is 27.9 Å². The minimum absolute atomic E-state index is 0.417. The van der Waals surface area contributed by atoms with E-state index in [1.54, 1.807) is 7.11 Å². The molecular formula is C18H21Cl2NO. The van der Waals surface area contributed by atoms with Crippen molar-refractivity contribution in [1.29, 1.82) is 0 Å². The number of methoxy groups -OCH3 is 1. The zero-order chi connectivity index (χ0) is 15.9. The van der Waals surface area contributed by atoms with Crippen LogP contribution in [0.2, 0.25) is 10.0 Å². The predicted molar refractivity (Wildman–Crippen MR) is 94.1 cm³/mol. The number of hydrogen-bond acceptors (Lipinski definition) is 2. The summed E-state index contributed by atoms with van der Waals surface area (Å²) in [5.74, 6) is 0.911. The molecule has 0 spiro atoms. The Morgan fingerprint density at radius 1 is 1.05 bits per heavy atom. The van der Waals surface area contributed by atoms with E-state index in [9.17, 15) is 0 Å². The topological polar surface area (TPSA) is 21.3 Å². The van der Waals surface area contributed by atoms with Crippen LogP contribution in [0, 0.1) is 0 Å². The second kappa shape index (κ2) is 8.42. The van der Waals surface area contributed by atoms with Crippen molar-refractivity contribution < 1.29 is 4.74 Å². The quantitative estimate of drug-likeness (QED) is 0.757. The molecule has 0 bridgehead atoms. The average molecular weight is 338 g/mol. The van der Waals surface area contributed by atoms with Crippen LogP contribution in [0.5, 0.6) is 5.75 Å². The van der Waals surface area contributed by atoms with Gasteiger partial charge in [0.05, 0.1) is 17.2 Å². The van der Waals surface area contributed by atoms with Gasteiger partial charge in [0.2, 0.25) is 0 Å². The molecule has 4 heteroatoms. The molecule has 0 radical (unpaired) electrons. The number of halogens is 2. The number of hydrogen-bond donors (Lipinski definition) is 1. The van der Waals surface area contributed by atoms with Gasteiger partial charge in [-0.25, -0.2) is 0 Å². The molecule has 1 unspecified atom stereocenters. The summed E-state index contributed by atoms with van der Waals surface area (Å²) in [7, 11) is 1.69. The molecule has 2 aromatic carbocycles. The summed E-state index contributed by atoms with van der Waals surface area (Å²) in [6.07, 6.45) is 2.08.